The van der Waals surface area contributed by atoms with Crippen molar-refractivity contribution in [2.75, 3.05) is 18.6 Å². The molecule has 0 saturated heterocycles. The van der Waals surface area contributed by atoms with Gasteiger partial charge in [0.05, 0.1) is 12.3 Å². The summed E-state index contributed by atoms with van der Waals surface area (Å²) in [4.78, 5) is 30.3. The maximum Gasteiger partial charge on any atom is 0.350 e. The molecule has 0 saturated carbocycles. The van der Waals surface area contributed by atoms with E-state index < -0.39 is 5.97 Å². The van der Waals surface area contributed by atoms with Crippen LogP contribution in [0.4, 0.5) is 5.13 Å². The fourth-order valence-corrected chi connectivity index (χ4v) is 2.92. The average Bonchev–Trinajstić information content (AvgIpc) is 2.88. The Balaban J connectivity index is 2.26. The number of esters is 1. The Labute approximate surface area is 137 Å². The van der Waals surface area contributed by atoms with Crippen molar-refractivity contribution in [3.8, 4) is 0 Å². The minimum Gasteiger partial charge on any atom is -0.462 e. The first-order valence-corrected chi connectivity index (χ1v) is 7.81. The summed E-state index contributed by atoms with van der Waals surface area (Å²) in [5, 5.41) is 0.923. The number of anilines is 1. The molecule has 1 heterocycles. The van der Waals surface area contributed by atoms with Crippen LogP contribution >= 0.6 is 22.9 Å². The molecule has 0 aliphatic heterocycles. The third kappa shape index (κ3) is 3.45. The molecule has 2 rings (SSSR count). The maximum absolute atomic E-state index is 12.4. The number of amides is 1. The van der Waals surface area contributed by atoms with Crippen molar-refractivity contribution in [2.24, 2.45) is 0 Å². The van der Waals surface area contributed by atoms with Gasteiger partial charge in [0.1, 0.15) is 4.88 Å². The predicted octanol–water partition coefficient (Wildman–Crippen LogP) is 3.56. The molecule has 0 fully saturated rings. The summed E-state index contributed by atoms with van der Waals surface area (Å²) in [5.74, 6) is -0.668. The molecular formula is C15H15ClN2O3S. The Hall–Kier alpha value is -1.92. The van der Waals surface area contributed by atoms with Gasteiger partial charge in [-0.15, -0.1) is 0 Å². The number of hydrogen-bond donors (Lipinski definition) is 0. The lowest BCUT2D eigenvalue weighted by atomic mass is 10.2. The molecule has 1 aromatic heterocycles. The number of aryl methyl sites for hydroxylation is 1. The Morgan fingerprint density at radius 3 is 2.77 bits per heavy atom. The minimum atomic E-state index is -0.424. The molecule has 7 heteroatoms. The van der Waals surface area contributed by atoms with E-state index in [1.807, 2.05) is 0 Å². The second-order valence-corrected chi connectivity index (χ2v) is 5.92. The van der Waals surface area contributed by atoms with E-state index in [4.69, 9.17) is 16.3 Å². The lowest BCUT2D eigenvalue weighted by Crippen LogP contribution is -2.26. The van der Waals surface area contributed by atoms with Crippen LogP contribution in [-0.4, -0.2) is 30.5 Å². The molecule has 5 nitrogen and oxygen atoms in total. The molecule has 2 aromatic rings. The van der Waals surface area contributed by atoms with Crippen LogP contribution in [0.15, 0.2) is 24.3 Å². The van der Waals surface area contributed by atoms with E-state index in [1.165, 1.54) is 4.90 Å². The number of carbonyl (C=O) groups excluding carboxylic acids is 2. The van der Waals surface area contributed by atoms with Gasteiger partial charge in [0.15, 0.2) is 5.13 Å². The summed E-state index contributed by atoms with van der Waals surface area (Å²) in [5.41, 5.74) is 1.00. The molecule has 0 aliphatic rings. The molecule has 0 spiro atoms. The van der Waals surface area contributed by atoms with Gasteiger partial charge >= 0.3 is 5.97 Å². The summed E-state index contributed by atoms with van der Waals surface area (Å²) < 4.78 is 4.97. The zero-order valence-corrected chi connectivity index (χ0v) is 14.0. The van der Waals surface area contributed by atoms with Crippen molar-refractivity contribution in [3.63, 3.8) is 0 Å². The van der Waals surface area contributed by atoms with E-state index in [9.17, 15) is 9.59 Å². The SMILES string of the molecule is CCOC(=O)c1sc(N(C)C(=O)c2cccc(Cl)c2)nc1C. The molecule has 22 heavy (non-hydrogen) atoms. The first-order valence-electron chi connectivity index (χ1n) is 6.62. The molecule has 0 atom stereocenters. The van der Waals surface area contributed by atoms with E-state index in [1.54, 1.807) is 45.2 Å². The third-order valence-corrected chi connectivity index (χ3v) is 4.36. The van der Waals surface area contributed by atoms with Crippen molar-refractivity contribution in [2.45, 2.75) is 13.8 Å². The number of rotatable bonds is 4. The Morgan fingerprint density at radius 1 is 1.41 bits per heavy atom. The first kappa shape index (κ1) is 16.5. The zero-order chi connectivity index (χ0) is 16.3. The maximum atomic E-state index is 12.4. The first-order chi connectivity index (χ1) is 10.4. The van der Waals surface area contributed by atoms with Crippen LogP contribution in [0.1, 0.15) is 32.6 Å². The number of halogens is 1. The number of aromatic nitrogens is 1. The molecule has 0 N–H and O–H groups in total. The highest BCUT2D eigenvalue weighted by Crippen LogP contribution is 2.27. The fourth-order valence-electron chi connectivity index (χ4n) is 1.81. The molecule has 0 unspecified atom stereocenters. The zero-order valence-electron chi connectivity index (χ0n) is 12.4. The number of thiazole rings is 1. The Bertz CT molecular complexity index is 715. The third-order valence-electron chi connectivity index (χ3n) is 2.91. The van der Waals surface area contributed by atoms with Crippen LogP contribution in [0, 0.1) is 6.92 Å². The van der Waals surface area contributed by atoms with Crippen LogP contribution in [0.2, 0.25) is 5.02 Å². The van der Waals surface area contributed by atoms with Crippen LogP contribution < -0.4 is 4.90 Å². The second-order valence-electron chi connectivity index (χ2n) is 4.51. The highest BCUT2D eigenvalue weighted by atomic mass is 35.5. The lowest BCUT2D eigenvalue weighted by Gasteiger charge is -2.13. The van der Waals surface area contributed by atoms with Crippen molar-refractivity contribution >= 4 is 39.9 Å². The molecule has 0 bridgehead atoms. The molecule has 0 aliphatic carbocycles. The number of carbonyl (C=O) groups is 2. The van der Waals surface area contributed by atoms with E-state index >= 15 is 0 Å². The second kappa shape index (κ2) is 6.89. The van der Waals surface area contributed by atoms with Gasteiger partial charge in [-0.2, -0.15) is 0 Å². The predicted molar refractivity (Wildman–Crippen MR) is 87.0 cm³/mol. The average molecular weight is 339 g/mol. The number of nitrogens with zero attached hydrogens (tertiary/aromatic N) is 2. The highest BCUT2D eigenvalue weighted by molar-refractivity contribution is 7.17. The van der Waals surface area contributed by atoms with Gasteiger partial charge in [0.25, 0.3) is 5.91 Å². The molecule has 0 radical (unpaired) electrons. The summed E-state index contributed by atoms with van der Waals surface area (Å²) >= 11 is 7.03. The van der Waals surface area contributed by atoms with Crippen molar-refractivity contribution in [3.05, 3.63) is 45.4 Å². The van der Waals surface area contributed by atoms with Gasteiger partial charge in [-0.3, -0.25) is 9.69 Å². The summed E-state index contributed by atoms with van der Waals surface area (Å²) in [6, 6.07) is 6.68. The van der Waals surface area contributed by atoms with E-state index in [0.717, 1.165) is 11.3 Å². The van der Waals surface area contributed by atoms with Gasteiger partial charge in [0, 0.05) is 17.6 Å². The fraction of sp³-hybridized carbons (Fsp3) is 0.267. The van der Waals surface area contributed by atoms with Gasteiger partial charge in [-0.05, 0) is 32.0 Å². The molecule has 116 valence electrons. The molecular weight excluding hydrogens is 324 g/mol. The molecule has 1 amide bonds. The Morgan fingerprint density at radius 2 is 2.14 bits per heavy atom. The van der Waals surface area contributed by atoms with Crippen LogP contribution in [0.25, 0.3) is 0 Å². The number of ether oxygens (including phenoxy) is 1. The Kier molecular flexibility index (Phi) is 5.15. The summed E-state index contributed by atoms with van der Waals surface area (Å²) in [7, 11) is 1.61. The van der Waals surface area contributed by atoms with Crippen molar-refractivity contribution in [1.29, 1.82) is 0 Å². The van der Waals surface area contributed by atoms with Gasteiger partial charge in [-0.1, -0.05) is 29.0 Å². The van der Waals surface area contributed by atoms with Gasteiger partial charge < -0.3 is 4.74 Å². The van der Waals surface area contributed by atoms with Crippen LogP contribution in [0.5, 0.6) is 0 Å². The summed E-state index contributed by atoms with van der Waals surface area (Å²) in [6.07, 6.45) is 0. The van der Waals surface area contributed by atoms with E-state index in [2.05, 4.69) is 4.98 Å². The summed E-state index contributed by atoms with van der Waals surface area (Å²) in [6.45, 7) is 3.75. The van der Waals surface area contributed by atoms with Gasteiger partial charge in [0.2, 0.25) is 0 Å². The smallest absolute Gasteiger partial charge is 0.350 e. The van der Waals surface area contributed by atoms with Crippen molar-refractivity contribution in [1.82, 2.24) is 4.98 Å². The number of hydrogen-bond acceptors (Lipinski definition) is 5. The highest BCUT2D eigenvalue weighted by Gasteiger charge is 2.22. The van der Waals surface area contributed by atoms with E-state index in [0.29, 0.717) is 32.9 Å². The topological polar surface area (TPSA) is 59.5 Å². The normalized spacial score (nSPS) is 10.4. The quantitative estimate of drug-likeness (QED) is 0.800. The van der Waals surface area contributed by atoms with Crippen LogP contribution in [0.3, 0.4) is 0 Å². The standard InChI is InChI=1S/C15H15ClN2O3S/c1-4-21-14(20)12-9(2)17-15(22-12)18(3)13(19)10-6-5-7-11(16)8-10/h5-8H,4H2,1-3H3. The van der Waals surface area contributed by atoms with Crippen molar-refractivity contribution < 1.29 is 14.3 Å². The molecule has 1 aromatic carbocycles. The largest absolute Gasteiger partial charge is 0.462 e. The van der Waals surface area contributed by atoms with Gasteiger partial charge in [-0.25, -0.2) is 9.78 Å². The lowest BCUT2D eigenvalue weighted by molar-refractivity contribution is 0.0531. The number of benzene rings is 1. The monoisotopic (exact) mass is 338 g/mol. The van der Waals surface area contributed by atoms with Crippen LogP contribution in [-0.2, 0) is 4.74 Å². The van der Waals surface area contributed by atoms with E-state index in [-0.39, 0.29) is 5.91 Å². The minimum absolute atomic E-state index is 0.244.